The van der Waals surface area contributed by atoms with Crippen LogP contribution in [0.25, 0.3) is 0 Å². The fourth-order valence-corrected chi connectivity index (χ4v) is 1.91. The zero-order chi connectivity index (χ0) is 14.0. The molecular formula is C13H12ClFN4. The molecule has 1 aromatic heterocycles. The Hall–Kier alpha value is -2.14. The second kappa shape index (κ2) is 5.24. The quantitative estimate of drug-likeness (QED) is 0.670. The Morgan fingerprint density at radius 1 is 1.42 bits per heavy atom. The van der Waals surface area contributed by atoms with E-state index in [1.54, 1.807) is 31.3 Å². The molecule has 2 rings (SSSR count). The molecule has 1 aromatic carbocycles. The summed E-state index contributed by atoms with van der Waals surface area (Å²) in [5, 5.41) is 7.77. The molecule has 0 radical (unpaired) electrons. The van der Waals surface area contributed by atoms with Gasteiger partial charge in [-0.2, -0.15) is 0 Å². The molecule has 0 saturated carbocycles. The predicted octanol–water partition coefficient (Wildman–Crippen LogP) is 2.93. The highest BCUT2D eigenvalue weighted by Gasteiger charge is 2.15. The lowest BCUT2D eigenvalue weighted by atomic mass is 10.1. The Bertz CT molecular complexity index is 630. The lowest BCUT2D eigenvalue weighted by Crippen LogP contribution is -2.19. The fourth-order valence-electron chi connectivity index (χ4n) is 1.76. The fraction of sp³-hybridized carbons (Fsp3) is 0.0769. The van der Waals surface area contributed by atoms with Gasteiger partial charge in [0.1, 0.15) is 5.84 Å². The molecule has 6 heteroatoms. The highest BCUT2D eigenvalue weighted by molar-refractivity contribution is 6.30. The van der Waals surface area contributed by atoms with Gasteiger partial charge in [-0.3, -0.25) is 5.41 Å². The van der Waals surface area contributed by atoms with Crippen LogP contribution in [0.4, 0.5) is 15.9 Å². The lowest BCUT2D eigenvalue weighted by Gasteiger charge is -2.21. The zero-order valence-electron chi connectivity index (χ0n) is 10.2. The summed E-state index contributed by atoms with van der Waals surface area (Å²) in [5.74, 6) is -0.497. The molecule has 3 N–H and O–H groups in total. The van der Waals surface area contributed by atoms with Gasteiger partial charge in [0.15, 0.2) is 11.6 Å². The van der Waals surface area contributed by atoms with E-state index in [1.165, 1.54) is 17.2 Å². The summed E-state index contributed by atoms with van der Waals surface area (Å²) < 4.78 is 13.8. The smallest absolute Gasteiger partial charge is 0.169 e. The maximum Gasteiger partial charge on any atom is 0.169 e. The summed E-state index contributed by atoms with van der Waals surface area (Å²) in [7, 11) is 1.65. The van der Waals surface area contributed by atoms with Gasteiger partial charge in [0.05, 0.1) is 10.7 Å². The Kier molecular flexibility index (Phi) is 3.66. The molecule has 1 heterocycles. The van der Waals surface area contributed by atoms with E-state index in [0.29, 0.717) is 11.3 Å². The lowest BCUT2D eigenvalue weighted by molar-refractivity contribution is 0.621. The van der Waals surface area contributed by atoms with Crippen LogP contribution in [0.15, 0.2) is 36.5 Å². The molecule has 0 aliphatic carbocycles. The maximum absolute atomic E-state index is 13.8. The second-order valence-corrected chi connectivity index (χ2v) is 4.39. The number of pyridine rings is 1. The van der Waals surface area contributed by atoms with E-state index in [9.17, 15) is 4.39 Å². The third kappa shape index (κ3) is 2.66. The summed E-state index contributed by atoms with van der Waals surface area (Å²) in [4.78, 5) is 5.49. The minimum Gasteiger partial charge on any atom is -0.384 e. The number of aromatic nitrogens is 1. The molecule has 0 atom stereocenters. The van der Waals surface area contributed by atoms with Crippen LogP contribution in [0.5, 0.6) is 0 Å². The van der Waals surface area contributed by atoms with Crippen LogP contribution < -0.4 is 10.6 Å². The van der Waals surface area contributed by atoms with Crippen LogP contribution in [0.3, 0.4) is 0 Å². The molecular weight excluding hydrogens is 267 g/mol. The van der Waals surface area contributed by atoms with Crippen LogP contribution in [-0.2, 0) is 0 Å². The highest BCUT2D eigenvalue weighted by atomic mass is 35.5. The number of nitrogens with one attached hydrogen (secondary N) is 1. The summed E-state index contributed by atoms with van der Waals surface area (Å²) in [6.45, 7) is 0. The number of rotatable bonds is 3. The Labute approximate surface area is 115 Å². The number of nitrogen functional groups attached to an aromatic ring is 1. The number of hydrogen-bond donors (Lipinski definition) is 2. The predicted molar refractivity (Wildman–Crippen MR) is 74.7 cm³/mol. The molecule has 19 heavy (non-hydrogen) atoms. The van der Waals surface area contributed by atoms with Crippen molar-refractivity contribution < 1.29 is 4.39 Å². The third-order valence-electron chi connectivity index (χ3n) is 2.66. The molecule has 0 aliphatic rings. The van der Waals surface area contributed by atoms with Gasteiger partial charge in [0, 0.05) is 18.8 Å². The monoisotopic (exact) mass is 278 g/mol. The largest absolute Gasteiger partial charge is 0.384 e. The molecule has 0 unspecified atom stereocenters. The van der Waals surface area contributed by atoms with Crippen molar-refractivity contribution in [3.05, 3.63) is 52.9 Å². The van der Waals surface area contributed by atoms with Gasteiger partial charge < -0.3 is 10.6 Å². The summed E-state index contributed by atoms with van der Waals surface area (Å²) >= 11 is 5.67. The molecule has 98 valence electrons. The van der Waals surface area contributed by atoms with Crippen molar-refractivity contribution in [2.75, 3.05) is 11.9 Å². The topological polar surface area (TPSA) is 66.0 Å². The van der Waals surface area contributed by atoms with Gasteiger partial charge in [-0.05, 0) is 18.2 Å². The van der Waals surface area contributed by atoms with Gasteiger partial charge in [-0.25, -0.2) is 9.37 Å². The molecule has 4 nitrogen and oxygen atoms in total. The second-order valence-electron chi connectivity index (χ2n) is 3.95. The van der Waals surface area contributed by atoms with Crippen LogP contribution in [0, 0.1) is 11.2 Å². The standard InChI is InChI=1S/C13H12ClFN4/c1-19(13-10(15)6-8(14)7-18-13)11-5-3-2-4-9(11)12(16)17/h2-7H,1H3,(H3,16,17). The molecule has 0 fully saturated rings. The first-order valence-electron chi connectivity index (χ1n) is 5.49. The first kappa shape index (κ1) is 13.3. The number of benzene rings is 1. The normalized spacial score (nSPS) is 10.3. The van der Waals surface area contributed by atoms with E-state index in [0.717, 1.165) is 0 Å². The number of nitrogens with zero attached hydrogens (tertiary/aromatic N) is 2. The van der Waals surface area contributed by atoms with Gasteiger partial charge in [0.25, 0.3) is 0 Å². The summed E-state index contributed by atoms with van der Waals surface area (Å²) in [5.41, 5.74) is 6.63. The van der Waals surface area contributed by atoms with Crippen molar-refractivity contribution in [3.63, 3.8) is 0 Å². The highest BCUT2D eigenvalue weighted by Crippen LogP contribution is 2.28. The summed E-state index contributed by atoms with van der Waals surface area (Å²) in [6, 6.07) is 8.18. The number of halogens is 2. The number of nitrogens with two attached hydrogens (primary N) is 1. The average Bonchev–Trinajstić information content (AvgIpc) is 2.38. The van der Waals surface area contributed by atoms with Crippen molar-refractivity contribution in [1.29, 1.82) is 5.41 Å². The minimum atomic E-state index is -0.534. The van der Waals surface area contributed by atoms with E-state index in [1.807, 2.05) is 0 Å². The Morgan fingerprint density at radius 2 is 2.11 bits per heavy atom. The van der Waals surface area contributed by atoms with Crippen molar-refractivity contribution >= 4 is 28.9 Å². The zero-order valence-corrected chi connectivity index (χ0v) is 10.9. The SMILES string of the molecule is CN(c1ccccc1C(=N)N)c1ncc(Cl)cc1F. The Morgan fingerprint density at radius 3 is 2.74 bits per heavy atom. The molecule has 0 bridgehead atoms. The van der Waals surface area contributed by atoms with E-state index < -0.39 is 5.82 Å². The molecule has 0 aliphatic heterocycles. The van der Waals surface area contributed by atoms with Gasteiger partial charge >= 0.3 is 0 Å². The third-order valence-corrected chi connectivity index (χ3v) is 2.87. The number of para-hydroxylation sites is 1. The van der Waals surface area contributed by atoms with Crippen molar-refractivity contribution in [3.8, 4) is 0 Å². The van der Waals surface area contributed by atoms with Crippen LogP contribution in [0.2, 0.25) is 5.02 Å². The van der Waals surface area contributed by atoms with E-state index >= 15 is 0 Å². The molecule has 0 amide bonds. The van der Waals surface area contributed by atoms with Crippen LogP contribution in [-0.4, -0.2) is 17.9 Å². The van der Waals surface area contributed by atoms with Crippen molar-refractivity contribution in [2.45, 2.75) is 0 Å². The maximum atomic E-state index is 13.8. The number of anilines is 2. The van der Waals surface area contributed by atoms with Gasteiger partial charge in [0.2, 0.25) is 0 Å². The van der Waals surface area contributed by atoms with Gasteiger partial charge in [-0.1, -0.05) is 23.7 Å². The van der Waals surface area contributed by atoms with Crippen molar-refractivity contribution in [1.82, 2.24) is 4.98 Å². The number of amidine groups is 1. The van der Waals surface area contributed by atoms with Crippen LogP contribution >= 0.6 is 11.6 Å². The molecule has 0 saturated heterocycles. The van der Waals surface area contributed by atoms with Gasteiger partial charge in [-0.15, -0.1) is 0 Å². The Balaban J connectivity index is 2.50. The molecule has 2 aromatic rings. The van der Waals surface area contributed by atoms with Crippen LogP contribution in [0.1, 0.15) is 5.56 Å². The van der Waals surface area contributed by atoms with Crippen molar-refractivity contribution in [2.24, 2.45) is 5.73 Å². The van der Waals surface area contributed by atoms with E-state index in [4.69, 9.17) is 22.7 Å². The number of hydrogen-bond acceptors (Lipinski definition) is 3. The summed E-state index contributed by atoms with van der Waals surface area (Å²) in [6.07, 6.45) is 1.37. The average molecular weight is 279 g/mol. The first-order valence-corrected chi connectivity index (χ1v) is 5.86. The van der Waals surface area contributed by atoms with E-state index in [-0.39, 0.29) is 16.7 Å². The van der Waals surface area contributed by atoms with E-state index in [2.05, 4.69) is 4.98 Å². The first-order chi connectivity index (χ1) is 9.00. The minimum absolute atomic E-state index is 0.0863. The molecule has 0 spiro atoms.